The quantitative estimate of drug-likeness (QED) is 0.896. The molecule has 1 amide bonds. The molecule has 6 heteroatoms. The molecular formula is C14H18N4O2. The van der Waals surface area contributed by atoms with Crippen molar-refractivity contribution in [3.8, 4) is 5.75 Å². The smallest absolute Gasteiger partial charge is 0.259 e. The Labute approximate surface area is 117 Å². The monoisotopic (exact) mass is 274 g/mol. The van der Waals surface area contributed by atoms with E-state index in [-0.39, 0.29) is 5.91 Å². The van der Waals surface area contributed by atoms with Gasteiger partial charge in [0.1, 0.15) is 11.3 Å². The standard InChI is InChI=1S/C14H18N4O2/c1-9-12(14(19)18(2)3)13(17-16-9)15-10-6-5-7-11(8-10)20-4/h5-8H,1-4H3,(H2,15,16,17). The first-order valence-electron chi connectivity index (χ1n) is 6.20. The summed E-state index contributed by atoms with van der Waals surface area (Å²) in [7, 11) is 5.03. The molecule has 0 spiro atoms. The number of H-pyrrole nitrogens is 1. The van der Waals surface area contributed by atoms with E-state index in [9.17, 15) is 4.79 Å². The van der Waals surface area contributed by atoms with Crippen LogP contribution in [-0.2, 0) is 0 Å². The maximum absolute atomic E-state index is 12.2. The minimum Gasteiger partial charge on any atom is -0.497 e. The molecule has 0 unspecified atom stereocenters. The predicted octanol–water partition coefficient (Wildman–Crippen LogP) is 2.17. The van der Waals surface area contributed by atoms with Crippen LogP contribution in [0.2, 0.25) is 0 Å². The zero-order chi connectivity index (χ0) is 14.7. The molecule has 2 aromatic rings. The second kappa shape index (κ2) is 5.64. The fourth-order valence-electron chi connectivity index (χ4n) is 1.84. The number of aromatic nitrogens is 2. The third-order valence-electron chi connectivity index (χ3n) is 2.90. The molecular weight excluding hydrogens is 256 g/mol. The molecule has 20 heavy (non-hydrogen) atoms. The lowest BCUT2D eigenvalue weighted by Crippen LogP contribution is -2.22. The van der Waals surface area contributed by atoms with Crippen LogP contribution in [0.3, 0.4) is 0 Å². The van der Waals surface area contributed by atoms with Crippen molar-refractivity contribution in [1.29, 1.82) is 0 Å². The van der Waals surface area contributed by atoms with Crippen LogP contribution in [0.5, 0.6) is 5.75 Å². The fourth-order valence-corrected chi connectivity index (χ4v) is 1.84. The SMILES string of the molecule is COc1cccc(Nc2n[nH]c(C)c2C(=O)N(C)C)c1. The lowest BCUT2D eigenvalue weighted by atomic mass is 10.2. The van der Waals surface area contributed by atoms with Crippen molar-refractivity contribution in [3.63, 3.8) is 0 Å². The van der Waals surface area contributed by atoms with Crippen molar-refractivity contribution < 1.29 is 9.53 Å². The molecule has 0 atom stereocenters. The average molecular weight is 274 g/mol. The van der Waals surface area contributed by atoms with Crippen molar-refractivity contribution in [2.24, 2.45) is 0 Å². The Morgan fingerprint density at radius 2 is 2.15 bits per heavy atom. The van der Waals surface area contributed by atoms with Crippen molar-refractivity contribution in [3.05, 3.63) is 35.5 Å². The predicted molar refractivity (Wildman–Crippen MR) is 77.6 cm³/mol. The number of hydrogen-bond donors (Lipinski definition) is 2. The number of hydrogen-bond acceptors (Lipinski definition) is 4. The van der Waals surface area contributed by atoms with E-state index in [1.807, 2.05) is 31.2 Å². The van der Waals surface area contributed by atoms with E-state index < -0.39 is 0 Å². The summed E-state index contributed by atoms with van der Waals surface area (Å²) >= 11 is 0. The van der Waals surface area contributed by atoms with E-state index in [4.69, 9.17) is 4.74 Å². The lowest BCUT2D eigenvalue weighted by Gasteiger charge is -2.12. The van der Waals surface area contributed by atoms with E-state index in [0.717, 1.165) is 17.1 Å². The summed E-state index contributed by atoms with van der Waals surface area (Å²) in [5.41, 5.74) is 2.08. The van der Waals surface area contributed by atoms with Gasteiger partial charge in [0.2, 0.25) is 0 Å². The van der Waals surface area contributed by atoms with Gasteiger partial charge in [0.25, 0.3) is 5.91 Å². The number of carbonyl (C=O) groups is 1. The largest absolute Gasteiger partial charge is 0.497 e. The van der Waals surface area contributed by atoms with Gasteiger partial charge in [-0.05, 0) is 19.1 Å². The first kappa shape index (κ1) is 13.9. The second-order valence-electron chi connectivity index (χ2n) is 4.63. The van der Waals surface area contributed by atoms with Crippen LogP contribution >= 0.6 is 0 Å². The first-order valence-corrected chi connectivity index (χ1v) is 6.20. The van der Waals surface area contributed by atoms with Crippen molar-refractivity contribution in [1.82, 2.24) is 15.1 Å². The number of ether oxygens (including phenoxy) is 1. The van der Waals surface area contributed by atoms with Crippen LogP contribution in [0, 0.1) is 6.92 Å². The molecule has 0 saturated carbocycles. The summed E-state index contributed by atoms with van der Waals surface area (Å²) in [4.78, 5) is 13.7. The summed E-state index contributed by atoms with van der Waals surface area (Å²) in [6.07, 6.45) is 0. The van der Waals surface area contributed by atoms with Crippen LogP contribution in [0.15, 0.2) is 24.3 Å². The first-order chi connectivity index (χ1) is 9.52. The minimum atomic E-state index is -0.0957. The number of rotatable bonds is 4. The molecule has 0 aliphatic carbocycles. The van der Waals surface area contributed by atoms with E-state index in [1.54, 1.807) is 21.2 Å². The highest BCUT2D eigenvalue weighted by Crippen LogP contribution is 2.24. The number of carbonyl (C=O) groups excluding carboxylic acids is 1. The van der Waals surface area contributed by atoms with Crippen molar-refractivity contribution >= 4 is 17.4 Å². The van der Waals surface area contributed by atoms with E-state index in [2.05, 4.69) is 15.5 Å². The van der Waals surface area contributed by atoms with Crippen LogP contribution in [0.1, 0.15) is 16.1 Å². The van der Waals surface area contributed by atoms with Gasteiger partial charge in [-0.1, -0.05) is 6.07 Å². The van der Waals surface area contributed by atoms with Crippen LogP contribution < -0.4 is 10.1 Å². The van der Waals surface area contributed by atoms with E-state index in [1.165, 1.54) is 4.90 Å². The fraction of sp³-hybridized carbons (Fsp3) is 0.286. The zero-order valence-electron chi connectivity index (χ0n) is 12.0. The lowest BCUT2D eigenvalue weighted by molar-refractivity contribution is 0.0828. The summed E-state index contributed by atoms with van der Waals surface area (Å²) in [5.74, 6) is 1.15. The number of methoxy groups -OCH3 is 1. The molecule has 0 saturated heterocycles. The van der Waals surface area contributed by atoms with Gasteiger partial charge in [0.15, 0.2) is 5.82 Å². The highest BCUT2D eigenvalue weighted by atomic mass is 16.5. The molecule has 2 N–H and O–H groups in total. The number of aromatic amines is 1. The maximum Gasteiger partial charge on any atom is 0.259 e. The van der Waals surface area contributed by atoms with Crippen LogP contribution in [0.25, 0.3) is 0 Å². The van der Waals surface area contributed by atoms with Gasteiger partial charge in [0, 0.05) is 31.5 Å². The Bertz CT molecular complexity index is 619. The Kier molecular flexibility index (Phi) is 3.93. The van der Waals surface area contributed by atoms with Gasteiger partial charge in [-0.15, -0.1) is 0 Å². The molecule has 106 valence electrons. The Hall–Kier alpha value is -2.50. The maximum atomic E-state index is 12.2. The highest BCUT2D eigenvalue weighted by molar-refractivity contribution is 6.00. The number of nitrogens with one attached hydrogen (secondary N) is 2. The van der Waals surface area contributed by atoms with Gasteiger partial charge < -0.3 is 15.0 Å². The zero-order valence-corrected chi connectivity index (χ0v) is 12.0. The third-order valence-corrected chi connectivity index (χ3v) is 2.90. The molecule has 0 fully saturated rings. The van der Waals surface area contributed by atoms with Gasteiger partial charge >= 0.3 is 0 Å². The van der Waals surface area contributed by atoms with E-state index in [0.29, 0.717) is 11.4 Å². The topological polar surface area (TPSA) is 70.2 Å². The molecule has 0 bridgehead atoms. The molecule has 2 rings (SSSR count). The Balaban J connectivity index is 2.32. The van der Waals surface area contributed by atoms with Crippen LogP contribution in [0.4, 0.5) is 11.5 Å². The number of anilines is 2. The minimum absolute atomic E-state index is 0.0957. The number of benzene rings is 1. The van der Waals surface area contributed by atoms with E-state index >= 15 is 0 Å². The highest BCUT2D eigenvalue weighted by Gasteiger charge is 2.19. The molecule has 1 heterocycles. The molecule has 0 aliphatic heterocycles. The molecule has 0 radical (unpaired) electrons. The normalized spacial score (nSPS) is 10.2. The number of aryl methyl sites for hydroxylation is 1. The third kappa shape index (κ3) is 2.74. The molecule has 6 nitrogen and oxygen atoms in total. The Morgan fingerprint density at radius 1 is 1.40 bits per heavy atom. The molecule has 0 aliphatic rings. The van der Waals surface area contributed by atoms with Crippen LogP contribution in [-0.4, -0.2) is 42.2 Å². The second-order valence-corrected chi connectivity index (χ2v) is 4.63. The van der Waals surface area contributed by atoms with Gasteiger partial charge in [-0.3, -0.25) is 9.89 Å². The van der Waals surface area contributed by atoms with Gasteiger partial charge in [-0.25, -0.2) is 0 Å². The van der Waals surface area contributed by atoms with Gasteiger partial charge in [0.05, 0.1) is 7.11 Å². The van der Waals surface area contributed by atoms with Crippen molar-refractivity contribution in [2.45, 2.75) is 6.92 Å². The average Bonchev–Trinajstić information content (AvgIpc) is 2.79. The van der Waals surface area contributed by atoms with Gasteiger partial charge in [-0.2, -0.15) is 5.10 Å². The number of amides is 1. The molecule has 1 aromatic carbocycles. The summed E-state index contributed by atoms with van der Waals surface area (Å²) in [5, 5.41) is 10.1. The Morgan fingerprint density at radius 3 is 2.80 bits per heavy atom. The summed E-state index contributed by atoms with van der Waals surface area (Å²) in [6.45, 7) is 1.82. The van der Waals surface area contributed by atoms with Crippen molar-refractivity contribution in [2.75, 3.05) is 26.5 Å². The summed E-state index contributed by atoms with van der Waals surface area (Å²) in [6, 6.07) is 7.45. The number of nitrogens with zero attached hydrogens (tertiary/aromatic N) is 2. The summed E-state index contributed by atoms with van der Waals surface area (Å²) < 4.78 is 5.17. The molecule has 1 aromatic heterocycles.